The maximum Gasteiger partial charge on any atom is 0.198 e. The highest BCUT2D eigenvalue weighted by atomic mass is 79.9. The minimum atomic E-state index is -0.704. The third-order valence-electron chi connectivity index (χ3n) is 3.03. The van der Waals surface area contributed by atoms with E-state index in [-0.39, 0.29) is 6.61 Å². The normalized spacial score (nSPS) is 27.3. The highest BCUT2D eigenvalue weighted by Crippen LogP contribution is 2.33. The number of nitrogens with zero attached hydrogens (tertiary/aromatic N) is 4. The van der Waals surface area contributed by atoms with E-state index in [2.05, 4.69) is 46.8 Å². The number of hydrogen-bond donors (Lipinski definition) is 2. The standard InChI is InChI=1S/C10H10Br2N4O3/c11-9-13-2-4-8(15-9)16(10(12)14-4)7-1-5(18)6(3-17)19-7/h2,5-7,17-18H,1,3H2/t5-,6+,7+/m1/s1. The van der Waals surface area contributed by atoms with E-state index in [1.807, 2.05) is 0 Å². The molecule has 2 N–H and O–H groups in total. The Morgan fingerprint density at radius 1 is 1.42 bits per heavy atom. The minimum absolute atomic E-state index is 0.222. The number of aliphatic hydroxyl groups is 2. The topological polar surface area (TPSA) is 93.3 Å². The molecule has 0 radical (unpaired) electrons. The van der Waals surface area contributed by atoms with E-state index in [0.717, 1.165) is 0 Å². The molecule has 0 unspecified atom stereocenters. The number of aromatic nitrogens is 4. The van der Waals surface area contributed by atoms with Crippen LogP contribution in [0.2, 0.25) is 0 Å². The van der Waals surface area contributed by atoms with Crippen molar-refractivity contribution in [1.82, 2.24) is 19.5 Å². The van der Waals surface area contributed by atoms with Crippen molar-refractivity contribution in [2.45, 2.75) is 24.9 Å². The molecular formula is C10H10Br2N4O3. The zero-order chi connectivity index (χ0) is 13.6. The fourth-order valence-electron chi connectivity index (χ4n) is 2.14. The lowest BCUT2D eigenvalue weighted by molar-refractivity contribution is -0.0439. The quantitative estimate of drug-likeness (QED) is 0.583. The fraction of sp³-hybridized carbons (Fsp3) is 0.500. The predicted molar refractivity (Wildman–Crippen MR) is 72.3 cm³/mol. The van der Waals surface area contributed by atoms with Crippen LogP contribution in [0.5, 0.6) is 0 Å². The van der Waals surface area contributed by atoms with Crippen LogP contribution in [0.3, 0.4) is 0 Å². The molecule has 1 aliphatic heterocycles. The van der Waals surface area contributed by atoms with Crippen molar-refractivity contribution in [3.05, 3.63) is 15.7 Å². The van der Waals surface area contributed by atoms with Crippen LogP contribution in [0.4, 0.5) is 0 Å². The summed E-state index contributed by atoms with van der Waals surface area (Å²) >= 11 is 6.56. The molecule has 3 heterocycles. The number of rotatable bonds is 2. The molecule has 19 heavy (non-hydrogen) atoms. The van der Waals surface area contributed by atoms with E-state index in [9.17, 15) is 5.11 Å². The summed E-state index contributed by atoms with van der Waals surface area (Å²) in [7, 11) is 0. The molecule has 0 spiro atoms. The Hall–Kier alpha value is -0.610. The second kappa shape index (κ2) is 5.06. The fourth-order valence-corrected chi connectivity index (χ4v) is 2.99. The van der Waals surface area contributed by atoms with Gasteiger partial charge in [-0.15, -0.1) is 0 Å². The molecule has 102 valence electrons. The van der Waals surface area contributed by atoms with Crippen LogP contribution < -0.4 is 0 Å². The Morgan fingerprint density at radius 3 is 2.89 bits per heavy atom. The number of fused-ring (bicyclic) bond motifs is 1. The Morgan fingerprint density at radius 2 is 2.21 bits per heavy atom. The van der Waals surface area contributed by atoms with Gasteiger partial charge in [0, 0.05) is 6.42 Å². The summed E-state index contributed by atoms with van der Waals surface area (Å²) < 4.78 is 8.35. The van der Waals surface area contributed by atoms with E-state index < -0.39 is 18.4 Å². The van der Waals surface area contributed by atoms with Crippen molar-refractivity contribution in [2.24, 2.45) is 0 Å². The van der Waals surface area contributed by atoms with Crippen molar-refractivity contribution in [3.8, 4) is 0 Å². The zero-order valence-electron chi connectivity index (χ0n) is 9.57. The Balaban J connectivity index is 2.05. The van der Waals surface area contributed by atoms with Gasteiger partial charge in [0.25, 0.3) is 0 Å². The summed E-state index contributed by atoms with van der Waals surface area (Å²) in [5, 5.41) is 18.9. The predicted octanol–water partition coefficient (Wildman–Crippen LogP) is 0.992. The largest absolute Gasteiger partial charge is 0.394 e. The molecule has 0 saturated carbocycles. The Bertz CT molecular complexity index is 620. The first-order valence-electron chi connectivity index (χ1n) is 5.60. The van der Waals surface area contributed by atoms with Gasteiger partial charge < -0.3 is 14.9 Å². The van der Waals surface area contributed by atoms with Crippen LogP contribution in [-0.4, -0.2) is 48.5 Å². The molecule has 3 atom stereocenters. The molecule has 3 rings (SSSR count). The number of imidazole rings is 1. The van der Waals surface area contributed by atoms with E-state index in [1.54, 1.807) is 10.8 Å². The van der Waals surface area contributed by atoms with Gasteiger partial charge in [-0.05, 0) is 31.9 Å². The minimum Gasteiger partial charge on any atom is -0.394 e. The third-order valence-corrected chi connectivity index (χ3v) is 3.97. The third kappa shape index (κ3) is 2.29. The smallest absolute Gasteiger partial charge is 0.198 e. The molecule has 0 aromatic carbocycles. The number of aliphatic hydroxyl groups excluding tert-OH is 2. The molecule has 2 aromatic heterocycles. The van der Waals surface area contributed by atoms with E-state index >= 15 is 0 Å². The summed E-state index contributed by atoms with van der Waals surface area (Å²) in [6.07, 6.45) is 0.261. The molecule has 1 saturated heterocycles. The van der Waals surface area contributed by atoms with Crippen molar-refractivity contribution in [2.75, 3.05) is 6.61 Å². The summed E-state index contributed by atoms with van der Waals surface area (Å²) in [5.74, 6) is 0. The average Bonchev–Trinajstić information content (AvgIpc) is 2.88. The highest BCUT2D eigenvalue weighted by Gasteiger charge is 2.36. The summed E-state index contributed by atoms with van der Waals surface area (Å²) in [4.78, 5) is 12.6. The van der Waals surface area contributed by atoms with Crippen LogP contribution in [0.25, 0.3) is 11.2 Å². The van der Waals surface area contributed by atoms with Crippen molar-refractivity contribution in [3.63, 3.8) is 0 Å². The van der Waals surface area contributed by atoms with Crippen LogP contribution in [0.1, 0.15) is 12.6 Å². The van der Waals surface area contributed by atoms with Crippen molar-refractivity contribution in [1.29, 1.82) is 0 Å². The molecule has 9 heteroatoms. The van der Waals surface area contributed by atoms with Gasteiger partial charge in [0.15, 0.2) is 15.1 Å². The highest BCUT2D eigenvalue weighted by molar-refractivity contribution is 9.10. The number of hydrogen-bond acceptors (Lipinski definition) is 6. The van der Waals surface area contributed by atoms with E-state index in [4.69, 9.17) is 9.84 Å². The van der Waals surface area contributed by atoms with Gasteiger partial charge in [0.05, 0.1) is 18.9 Å². The first kappa shape index (κ1) is 13.4. The lowest BCUT2D eigenvalue weighted by Crippen LogP contribution is -2.24. The first-order valence-corrected chi connectivity index (χ1v) is 7.19. The lowest BCUT2D eigenvalue weighted by Gasteiger charge is -2.14. The van der Waals surface area contributed by atoms with Gasteiger partial charge in [0.1, 0.15) is 17.8 Å². The lowest BCUT2D eigenvalue weighted by atomic mass is 10.2. The molecule has 1 fully saturated rings. The Labute approximate surface area is 124 Å². The monoisotopic (exact) mass is 392 g/mol. The van der Waals surface area contributed by atoms with Crippen LogP contribution in [0.15, 0.2) is 15.7 Å². The molecular weight excluding hydrogens is 384 g/mol. The number of halogens is 2. The summed E-state index contributed by atoms with van der Waals surface area (Å²) in [5.41, 5.74) is 1.23. The molecule has 2 aromatic rings. The van der Waals surface area contributed by atoms with Crippen LogP contribution in [-0.2, 0) is 4.74 Å². The van der Waals surface area contributed by atoms with Gasteiger partial charge in [0.2, 0.25) is 0 Å². The molecule has 1 aliphatic rings. The van der Waals surface area contributed by atoms with Gasteiger partial charge in [-0.1, -0.05) is 0 Å². The zero-order valence-corrected chi connectivity index (χ0v) is 12.7. The van der Waals surface area contributed by atoms with Gasteiger partial charge in [-0.3, -0.25) is 4.57 Å². The summed E-state index contributed by atoms with van der Waals surface area (Å²) in [6, 6.07) is 0. The molecule has 0 aliphatic carbocycles. The van der Waals surface area contributed by atoms with Gasteiger partial charge in [-0.2, -0.15) is 0 Å². The maximum absolute atomic E-state index is 9.80. The molecule has 0 bridgehead atoms. The first-order chi connectivity index (χ1) is 9.10. The molecule has 7 nitrogen and oxygen atoms in total. The van der Waals surface area contributed by atoms with Gasteiger partial charge >= 0.3 is 0 Å². The second-order valence-corrected chi connectivity index (χ2v) is 5.63. The molecule has 0 amide bonds. The second-order valence-electron chi connectivity index (χ2n) is 4.21. The SMILES string of the molecule is OC[C@@H]1O[C@H](n2c(Br)nc3cnc(Br)nc32)C[C@H]1O. The van der Waals surface area contributed by atoms with Crippen LogP contribution >= 0.6 is 31.9 Å². The van der Waals surface area contributed by atoms with Crippen molar-refractivity contribution >= 4 is 43.0 Å². The summed E-state index contributed by atoms with van der Waals surface area (Å²) in [6.45, 7) is -0.222. The van der Waals surface area contributed by atoms with Crippen molar-refractivity contribution < 1.29 is 14.9 Å². The van der Waals surface area contributed by atoms with Gasteiger partial charge in [-0.25, -0.2) is 15.0 Å². The van der Waals surface area contributed by atoms with E-state index in [1.165, 1.54) is 0 Å². The van der Waals surface area contributed by atoms with Crippen LogP contribution in [0, 0.1) is 0 Å². The Kier molecular flexibility index (Phi) is 3.56. The number of ether oxygens (including phenoxy) is 1. The van der Waals surface area contributed by atoms with E-state index in [0.29, 0.717) is 27.1 Å². The maximum atomic E-state index is 9.80. The average molecular weight is 394 g/mol.